The van der Waals surface area contributed by atoms with E-state index in [2.05, 4.69) is 25.8 Å². The molecule has 8 nitrogen and oxygen atoms in total. The molecule has 3 aromatic rings. The largest absolute Gasteiger partial charge is 0.425 e. The minimum absolute atomic E-state index is 0.0225. The van der Waals surface area contributed by atoms with Gasteiger partial charge in [0.15, 0.2) is 11.2 Å². The van der Waals surface area contributed by atoms with Gasteiger partial charge < -0.3 is 9.30 Å². The quantitative estimate of drug-likeness (QED) is 0.506. The minimum atomic E-state index is -0.688. The monoisotopic (exact) mass is 384 g/mol. The van der Waals surface area contributed by atoms with Crippen LogP contribution in [0.1, 0.15) is 31.9 Å². The van der Waals surface area contributed by atoms with Gasteiger partial charge in [0.1, 0.15) is 12.3 Å². The minimum Gasteiger partial charge on any atom is -0.425 e. The van der Waals surface area contributed by atoms with Crippen LogP contribution in [0.2, 0.25) is 0 Å². The molecule has 0 radical (unpaired) electrons. The van der Waals surface area contributed by atoms with E-state index in [0.29, 0.717) is 5.75 Å². The van der Waals surface area contributed by atoms with Crippen molar-refractivity contribution in [2.75, 3.05) is 0 Å². The lowest BCUT2D eigenvalue weighted by molar-refractivity contribution is -0.135. The number of nitrogens with zero attached hydrogens (tertiary/aromatic N) is 4. The number of carbonyl (C=O) groups excluding carboxylic acids is 1. The topological polar surface area (TPSA) is 88.1 Å². The van der Waals surface area contributed by atoms with Crippen LogP contribution in [-0.2, 0) is 30.8 Å². The maximum absolute atomic E-state index is 12.7. The Morgan fingerprint density at radius 3 is 2.46 bits per heavy atom. The molecule has 2 aromatic heterocycles. The van der Waals surface area contributed by atoms with Crippen LogP contribution in [0.3, 0.4) is 0 Å². The molecule has 0 N–H and O–H groups in total. The van der Waals surface area contributed by atoms with E-state index in [0.717, 1.165) is 15.7 Å². The van der Waals surface area contributed by atoms with Crippen molar-refractivity contribution < 1.29 is 9.53 Å². The molecule has 0 amide bonds. The Labute approximate surface area is 162 Å². The second-order valence-corrected chi connectivity index (χ2v) is 7.96. The maximum Gasteiger partial charge on any atom is 0.333 e. The number of aromatic nitrogens is 4. The molecule has 0 aliphatic heterocycles. The summed E-state index contributed by atoms with van der Waals surface area (Å²) in [6.07, 6.45) is 1.45. The number of hydrogen-bond donors (Lipinski definition) is 0. The van der Waals surface area contributed by atoms with Crippen LogP contribution in [-0.4, -0.2) is 24.7 Å². The highest BCUT2D eigenvalue weighted by Gasteiger charge is 2.19. The van der Waals surface area contributed by atoms with Gasteiger partial charge in [-0.2, -0.15) is 0 Å². The van der Waals surface area contributed by atoms with Crippen molar-refractivity contribution in [1.82, 2.24) is 18.7 Å². The highest BCUT2D eigenvalue weighted by Crippen LogP contribution is 2.27. The fourth-order valence-corrected chi connectivity index (χ4v) is 3.05. The normalized spacial score (nSPS) is 11.8. The van der Waals surface area contributed by atoms with E-state index >= 15 is 0 Å². The molecule has 2 heterocycles. The molecular weight excluding hydrogens is 360 g/mol. The van der Waals surface area contributed by atoms with Crippen molar-refractivity contribution in [2.24, 2.45) is 14.1 Å². The van der Waals surface area contributed by atoms with E-state index in [1.807, 2.05) is 19.1 Å². The average molecular weight is 384 g/mol. The van der Waals surface area contributed by atoms with Crippen molar-refractivity contribution in [2.45, 2.75) is 39.7 Å². The first kappa shape index (κ1) is 19.6. The van der Waals surface area contributed by atoms with E-state index in [-0.39, 0.29) is 16.6 Å². The lowest BCUT2D eigenvalue weighted by Gasteiger charge is -2.20. The molecule has 0 saturated heterocycles. The molecule has 0 aliphatic carbocycles. The molecule has 0 aliphatic rings. The van der Waals surface area contributed by atoms with Gasteiger partial charge in [-0.3, -0.25) is 9.36 Å². The number of imidazole rings is 1. The van der Waals surface area contributed by atoms with Gasteiger partial charge in [-0.05, 0) is 29.5 Å². The van der Waals surface area contributed by atoms with E-state index < -0.39 is 23.8 Å². The van der Waals surface area contributed by atoms with Gasteiger partial charge in [0, 0.05) is 14.1 Å². The molecule has 0 bridgehead atoms. The van der Waals surface area contributed by atoms with Crippen LogP contribution in [0.5, 0.6) is 5.75 Å². The lowest BCUT2D eigenvalue weighted by atomic mass is 9.86. The van der Waals surface area contributed by atoms with E-state index in [1.54, 1.807) is 13.1 Å². The highest BCUT2D eigenvalue weighted by atomic mass is 16.5. The van der Waals surface area contributed by atoms with Crippen LogP contribution >= 0.6 is 0 Å². The van der Waals surface area contributed by atoms with Crippen LogP contribution in [0.25, 0.3) is 11.2 Å². The molecule has 0 fully saturated rings. The van der Waals surface area contributed by atoms with Crippen molar-refractivity contribution in [3.05, 3.63) is 56.5 Å². The van der Waals surface area contributed by atoms with Gasteiger partial charge in [0.25, 0.3) is 5.56 Å². The van der Waals surface area contributed by atoms with Crippen LogP contribution in [0.4, 0.5) is 0 Å². The number of benzene rings is 1. The Morgan fingerprint density at radius 2 is 1.86 bits per heavy atom. The van der Waals surface area contributed by atoms with Crippen LogP contribution in [0, 0.1) is 6.92 Å². The van der Waals surface area contributed by atoms with Gasteiger partial charge in [-0.1, -0.05) is 32.9 Å². The van der Waals surface area contributed by atoms with Gasteiger partial charge in [-0.15, -0.1) is 0 Å². The molecular formula is C20H24N4O4. The zero-order valence-corrected chi connectivity index (χ0v) is 16.9. The first-order chi connectivity index (χ1) is 13.0. The van der Waals surface area contributed by atoms with Crippen LogP contribution < -0.4 is 16.0 Å². The first-order valence-corrected chi connectivity index (χ1v) is 8.93. The average Bonchev–Trinajstić information content (AvgIpc) is 2.99. The first-order valence-electron chi connectivity index (χ1n) is 8.93. The SMILES string of the molecule is Cc1cc(C(C)(C)C)ccc1OC(=O)Cn1c(=O)c2c(ncn2C)n(C)c1=O. The summed E-state index contributed by atoms with van der Waals surface area (Å²) in [5.41, 5.74) is 1.24. The number of hydrogen-bond acceptors (Lipinski definition) is 5. The molecule has 0 atom stereocenters. The maximum atomic E-state index is 12.7. The second-order valence-electron chi connectivity index (χ2n) is 7.96. The Kier molecular flexibility index (Phi) is 4.74. The van der Waals surface area contributed by atoms with Crippen molar-refractivity contribution >= 4 is 17.1 Å². The highest BCUT2D eigenvalue weighted by molar-refractivity contribution is 5.74. The molecule has 8 heteroatoms. The number of ether oxygens (including phenoxy) is 1. The predicted molar refractivity (Wildman–Crippen MR) is 106 cm³/mol. The predicted octanol–water partition coefficient (Wildman–Crippen LogP) is 1.65. The van der Waals surface area contributed by atoms with Crippen molar-refractivity contribution in [3.8, 4) is 5.75 Å². The Balaban J connectivity index is 1.92. The number of aryl methyl sites for hydroxylation is 3. The summed E-state index contributed by atoms with van der Waals surface area (Å²) in [5, 5.41) is 0. The Hall–Kier alpha value is -3.16. The third-order valence-corrected chi connectivity index (χ3v) is 4.75. The second kappa shape index (κ2) is 6.78. The van der Waals surface area contributed by atoms with E-state index in [4.69, 9.17) is 4.74 Å². The fraction of sp³-hybridized carbons (Fsp3) is 0.400. The summed E-state index contributed by atoms with van der Waals surface area (Å²) in [5.74, 6) is -0.281. The summed E-state index contributed by atoms with van der Waals surface area (Å²) in [4.78, 5) is 41.7. The Bertz CT molecular complexity index is 1190. The molecule has 0 unspecified atom stereocenters. The number of fused-ring (bicyclic) bond motifs is 1. The smallest absolute Gasteiger partial charge is 0.333 e. The fourth-order valence-electron chi connectivity index (χ4n) is 3.05. The summed E-state index contributed by atoms with van der Waals surface area (Å²) in [6.45, 7) is 7.68. The summed E-state index contributed by atoms with van der Waals surface area (Å²) in [7, 11) is 3.16. The lowest BCUT2D eigenvalue weighted by Crippen LogP contribution is -2.42. The molecule has 0 saturated carbocycles. The zero-order chi connectivity index (χ0) is 20.8. The summed E-state index contributed by atoms with van der Waals surface area (Å²) < 4.78 is 9.05. The molecule has 148 valence electrons. The van der Waals surface area contributed by atoms with Gasteiger partial charge in [0.05, 0.1) is 6.33 Å². The van der Waals surface area contributed by atoms with Crippen molar-refractivity contribution in [3.63, 3.8) is 0 Å². The number of esters is 1. The number of carbonyl (C=O) groups is 1. The van der Waals surface area contributed by atoms with Crippen molar-refractivity contribution in [1.29, 1.82) is 0 Å². The Morgan fingerprint density at radius 1 is 1.18 bits per heavy atom. The van der Waals surface area contributed by atoms with Gasteiger partial charge in [0.2, 0.25) is 0 Å². The number of rotatable bonds is 3. The zero-order valence-electron chi connectivity index (χ0n) is 16.9. The third kappa shape index (κ3) is 3.37. The summed E-state index contributed by atoms with van der Waals surface area (Å²) >= 11 is 0. The molecule has 0 spiro atoms. The standard InChI is InChI=1S/C20H24N4O4/c1-12-9-13(20(2,3)4)7-8-14(12)28-15(25)10-24-18(26)16-17(21-11-22(16)5)23(6)19(24)27/h7-9,11H,10H2,1-6H3. The molecule has 1 aromatic carbocycles. The van der Waals surface area contributed by atoms with E-state index in [1.165, 1.54) is 22.5 Å². The van der Waals surface area contributed by atoms with E-state index in [9.17, 15) is 14.4 Å². The van der Waals surface area contributed by atoms with Gasteiger partial charge in [-0.25, -0.2) is 19.1 Å². The van der Waals surface area contributed by atoms with Crippen LogP contribution in [0.15, 0.2) is 34.1 Å². The third-order valence-electron chi connectivity index (χ3n) is 4.75. The summed E-state index contributed by atoms with van der Waals surface area (Å²) in [6, 6.07) is 5.61. The molecule has 28 heavy (non-hydrogen) atoms. The molecule has 3 rings (SSSR count). The van der Waals surface area contributed by atoms with Gasteiger partial charge >= 0.3 is 11.7 Å².